The Balaban J connectivity index is 1.55. The van der Waals surface area contributed by atoms with Crippen molar-refractivity contribution in [2.45, 2.75) is 18.8 Å². The number of likely N-dealkylation sites (tertiary alicyclic amines) is 1. The monoisotopic (exact) mass is 520 g/mol. The van der Waals surface area contributed by atoms with Crippen molar-refractivity contribution in [2.24, 2.45) is 0 Å². The van der Waals surface area contributed by atoms with Crippen LogP contribution in [0.25, 0.3) is 33.3 Å². The van der Waals surface area contributed by atoms with Crippen molar-refractivity contribution in [3.05, 3.63) is 66.5 Å². The van der Waals surface area contributed by atoms with Gasteiger partial charge in [0.25, 0.3) is 11.8 Å². The lowest BCUT2D eigenvalue weighted by atomic mass is 9.98. The summed E-state index contributed by atoms with van der Waals surface area (Å²) in [6, 6.07) is 14.6. The molecule has 1 aliphatic heterocycles. The molecule has 2 aromatic heterocycles. The minimum Gasteiger partial charge on any atom is -0.496 e. The molecule has 196 valence electrons. The number of para-hydroxylation sites is 1. The van der Waals surface area contributed by atoms with Crippen molar-refractivity contribution in [1.29, 1.82) is 0 Å². The van der Waals surface area contributed by atoms with E-state index >= 15 is 0 Å². The van der Waals surface area contributed by atoms with Gasteiger partial charge in [0.1, 0.15) is 11.4 Å². The van der Waals surface area contributed by atoms with Gasteiger partial charge in [0, 0.05) is 60.4 Å². The smallest absolute Gasteiger partial charge is 0.411 e. The molecule has 0 bridgehead atoms. The van der Waals surface area contributed by atoms with E-state index in [2.05, 4.69) is 15.3 Å². The molecule has 0 saturated carbocycles. The topological polar surface area (TPSA) is 96.5 Å². The summed E-state index contributed by atoms with van der Waals surface area (Å²) in [4.78, 5) is 34.5. The molecule has 1 fully saturated rings. The molecular formula is C28H26F2N4O4. The Morgan fingerprint density at radius 2 is 1.79 bits per heavy atom. The van der Waals surface area contributed by atoms with E-state index < -0.39 is 30.8 Å². The van der Waals surface area contributed by atoms with Crippen molar-refractivity contribution >= 4 is 28.7 Å². The highest BCUT2D eigenvalue weighted by atomic mass is 19.3. The van der Waals surface area contributed by atoms with Crippen LogP contribution in [0.15, 0.2) is 60.9 Å². The number of carbonyl (C=O) groups is 2. The van der Waals surface area contributed by atoms with Crippen LogP contribution in [0.2, 0.25) is 0 Å². The summed E-state index contributed by atoms with van der Waals surface area (Å²) in [5.41, 5.74) is 4.30. The summed E-state index contributed by atoms with van der Waals surface area (Å²) >= 11 is 0. The number of nitrogens with zero attached hydrogens (tertiary/aromatic N) is 2. The fraction of sp³-hybridized carbons (Fsp3) is 0.250. The lowest BCUT2D eigenvalue weighted by Crippen LogP contribution is -2.43. The van der Waals surface area contributed by atoms with Crippen LogP contribution >= 0.6 is 0 Å². The van der Waals surface area contributed by atoms with E-state index in [9.17, 15) is 18.4 Å². The lowest BCUT2D eigenvalue weighted by molar-refractivity contribution is -0.0494. The summed E-state index contributed by atoms with van der Waals surface area (Å²) in [6.45, 7) is -0.153. The lowest BCUT2D eigenvalue weighted by Gasteiger charge is -2.32. The van der Waals surface area contributed by atoms with Gasteiger partial charge in [-0.3, -0.25) is 10.1 Å². The summed E-state index contributed by atoms with van der Waals surface area (Å²) in [5, 5.41) is 3.41. The average molecular weight is 521 g/mol. The number of anilines is 1. The number of halogens is 2. The fourth-order valence-electron chi connectivity index (χ4n) is 4.63. The van der Waals surface area contributed by atoms with Crippen LogP contribution in [0.5, 0.6) is 5.75 Å². The Morgan fingerprint density at radius 3 is 2.53 bits per heavy atom. The van der Waals surface area contributed by atoms with E-state index in [1.165, 1.54) is 12.0 Å². The quantitative estimate of drug-likeness (QED) is 0.339. The first-order chi connectivity index (χ1) is 18.3. The molecule has 2 N–H and O–H groups in total. The number of methoxy groups -OCH3 is 2. The first kappa shape index (κ1) is 25.2. The van der Waals surface area contributed by atoms with Crippen molar-refractivity contribution in [1.82, 2.24) is 14.9 Å². The van der Waals surface area contributed by atoms with E-state index in [1.807, 2.05) is 36.5 Å². The van der Waals surface area contributed by atoms with E-state index in [0.717, 1.165) is 27.8 Å². The first-order valence-corrected chi connectivity index (χ1v) is 12.1. The van der Waals surface area contributed by atoms with Gasteiger partial charge in [-0.15, -0.1) is 0 Å². The maximum atomic E-state index is 13.7. The number of ether oxygens (including phenoxy) is 2. The SMILES string of the molecule is COC(=O)Nc1ccc(-c2cnc3[nH]cc(-c4ccccc4OC)c3c2)cc1C(=O)N1CCC(F)(F)CC1. The summed E-state index contributed by atoms with van der Waals surface area (Å²) in [6.07, 6.45) is 2.00. The van der Waals surface area contributed by atoms with Gasteiger partial charge in [0.2, 0.25) is 0 Å². The third kappa shape index (κ3) is 4.89. The molecule has 2 aromatic carbocycles. The Labute approximate surface area is 217 Å². The number of piperidine rings is 1. The van der Waals surface area contributed by atoms with Crippen molar-refractivity contribution < 1.29 is 27.8 Å². The van der Waals surface area contributed by atoms with E-state index in [4.69, 9.17) is 9.47 Å². The van der Waals surface area contributed by atoms with Gasteiger partial charge < -0.3 is 19.4 Å². The minimum atomic E-state index is -2.79. The number of alkyl halides is 2. The predicted molar refractivity (Wildman–Crippen MR) is 140 cm³/mol. The third-order valence-corrected chi connectivity index (χ3v) is 6.72. The highest BCUT2D eigenvalue weighted by Gasteiger charge is 2.36. The van der Waals surface area contributed by atoms with Gasteiger partial charge in [-0.2, -0.15) is 0 Å². The van der Waals surface area contributed by atoms with Crippen LogP contribution in [-0.2, 0) is 4.74 Å². The fourth-order valence-corrected chi connectivity index (χ4v) is 4.63. The van der Waals surface area contributed by atoms with Gasteiger partial charge in [0.05, 0.1) is 25.5 Å². The van der Waals surface area contributed by atoms with Crippen molar-refractivity contribution in [3.8, 4) is 28.0 Å². The second kappa shape index (κ2) is 10.1. The standard InChI is InChI=1S/C28H26F2N4O4/c1-37-24-6-4-3-5-19(24)22-16-32-25-20(22)14-18(15-31-25)17-7-8-23(33-27(36)38-2)21(13-17)26(35)34-11-9-28(29,30)10-12-34/h3-8,13-16H,9-12H2,1-2H3,(H,31,32)(H,33,36). The summed E-state index contributed by atoms with van der Waals surface area (Å²) < 4.78 is 37.6. The van der Waals surface area contributed by atoms with Crippen molar-refractivity contribution in [3.63, 3.8) is 0 Å². The van der Waals surface area contributed by atoms with Crippen LogP contribution in [0, 0.1) is 0 Å². The number of nitrogens with one attached hydrogen (secondary N) is 2. The number of aromatic amines is 1. The summed E-state index contributed by atoms with van der Waals surface area (Å²) in [5.74, 6) is -2.51. The zero-order valence-corrected chi connectivity index (χ0v) is 20.9. The van der Waals surface area contributed by atoms with Gasteiger partial charge in [-0.05, 0) is 29.8 Å². The number of hydrogen-bond donors (Lipinski definition) is 2. The highest BCUT2D eigenvalue weighted by Crippen LogP contribution is 2.37. The molecule has 1 aliphatic rings. The molecule has 0 spiro atoms. The number of benzene rings is 2. The number of aromatic nitrogens is 2. The molecule has 0 radical (unpaired) electrons. The molecule has 4 aromatic rings. The van der Waals surface area contributed by atoms with Crippen LogP contribution in [0.3, 0.4) is 0 Å². The molecule has 0 unspecified atom stereocenters. The van der Waals surface area contributed by atoms with Crippen LogP contribution < -0.4 is 10.1 Å². The van der Waals surface area contributed by atoms with Crippen LogP contribution in [0.4, 0.5) is 19.3 Å². The van der Waals surface area contributed by atoms with Gasteiger partial charge in [-0.1, -0.05) is 24.3 Å². The second-order valence-corrected chi connectivity index (χ2v) is 9.05. The van der Waals surface area contributed by atoms with E-state index in [0.29, 0.717) is 11.2 Å². The number of H-pyrrole nitrogens is 1. The molecule has 0 aliphatic carbocycles. The first-order valence-electron chi connectivity index (χ1n) is 12.1. The van der Waals surface area contributed by atoms with Gasteiger partial charge in [0.15, 0.2) is 0 Å². The number of pyridine rings is 1. The zero-order valence-electron chi connectivity index (χ0n) is 20.9. The highest BCUT2D eigenvalue weighted by molar-refractivity contribution is 6.04. The van der Waals surface area contributed by atoms with Crippen LogP contribution in [-0.4, -0.2) is 60.1 Å². The normalized spacial score (nSPS) is 14.8. The van der Waals surface area contributed by atoms with E-state index in [1.54, 1.807) is 31.5 Å². The maximum absolute atomic E-state index is 13.7. The Kier molecular flexibility index (Phi) is 6.71. The zero-order chi connectivity index (χ0) is 26.9. The minimum absolute atomic E-state index is 0.0765. The second-order valence-electron chi connectivity index (χ2n) is 9.05. The number of amides is 2. The van der Waals surface area contributed by atoms with E-state index in [-0.39, 0.29) is 24.3 Å². The molecule has 1 saturated heterocycles. The number of carbonyl (C=O) groups excluding carboxylic acids is 2. The predicted octanol–water partition coefficient (Wildman–Crippen LogP) is 5.96. The molecular weight excluding hydrogens is 494 g/mol. The number of hydrogen-bond acceptors (Lipinski definition) is 5. The average Bonchev–Trinajstić information content (AvgIpc) is 3.36. The molecule has 10 heteroatoms. The molecule has 3 heterocycles. The molecule has 38 heavy (non-hydrogen) atoms. The molecule has 5 rings (SSSR count). The van der Waals surface area contributed by atoms with Gasteiger partial charge >= 0.3 is 6.09 Å². The Morgan fingerprint density at radius 1 is 1.03 bits per heavy atom. The number of rotatable bonds is 5. The molecule has 2 amide bonds. The van der Waals surface area contributed by atoms with Gasteiger partial charge in [-0.25, -0.2) is 18.6 Å². The summed E-state index contributed by atoms with van der Waals surface area (Å²) in [7, 11) is 2.83. The Bertz CT molecular complexity index is 1510. The third-order valence-electron chi connectivity index (χ3n) is 6.72. The molecule has 0 atom stereocenters. The maximum Gasteiger partial charge on any atom is 0.411 e. The Hall–Kier alpha value is -4.47. The van der Waals surface area contributed by atoms with Crippen LogP contribution in [0.1, 0.15) is 23.2 Å². The molecule has 8 nitrogen and oxygen atoms in total. The largest absolute Gasteiger partial charge is 0.496 e. The van der Waals surface area contributed by atoms with Crippen molar-refractivity contribution in [2.75, 3.05) is 32.6 Å². The number of fused-ring (bicyclic) bond motifs is 1.